The number of carboxylic acid groups (broad SMARTS) is 1. The Kier molecular flexibility index (Phi) is 5.83. The Hall–Kier alpha value is -1.27. The van der Waals surface area contributed by atoms with Crippen molar-refractivity contribution >= 4 is 11.9 Å². The van der Waals surface area contributed by atoms with Gasteiger partial charge in [-0.15, -0.1) is 0 Å². The Balaban J connectivity index is 2.86. The SMILES string of the molecule is CCCN(CC(=O)O)C(=O)C1CCCCC1C(F)(F)F. The summed E-state index contributed by atoms with van der Waals surface area (Å²) in [6.07, 6.45) is -2.71. The van der Waals surface area contributed by atoms with Gasteiger partial charge in [0.1, 0.15) is 6.54 Å². The highest BCUT2D eigenvalue weighted by Gasteiger charge is 2.48. The number of carboxylic acids is 1. The molecule has 4 nitrogen and oxygen atoms in total. The average molecular weight is 295 g/mol. The van der Waals surface area contributed by atoms with Gasteiger partial charge in [-0.3, -0.25) is 9.59 Å². The number of carbonyl (C=O) groups excluding carboxylic acids is 1. The Morgan fingerprint density at radius 1 is 1.25 bits per heavy atom. The molecule has 0 aromatic rings. The Labute approximate surface area is 115 Å². The zero-order valence-corrected chi connectivity index (χ0v) is 11.4. The first-order chi connectivity index (χ1) is 9.27. The predicted molar refractivity (Wildman–Crippen MR) is 66.0 cm³/mol. The van der Waals surface area contributed by atoms with Crippen LogP contribution in [0.3, 0.4) is 0 Å². The standard InChI is InChI=1S/C13H20F3NO3/c1-2-7-17(8-11(18)19)12(20)9-5-3-4-6-10(9)13(14,15)16/h9-10H,2-8H2,1H3,(H,18,19). The number of nitrogens with zero attached hydrogens (tertiary/aromatic N) is 1. The Morgan fingerprint density at radius 2 is 1.85 bits per heavy atom. The van der Waals surface area contributed by atoms with Gasteiger partial charge in [0.05, 0.1) is 5.92 Å². The van der Waals surface area contributed by atoms with Gasteiger partial charge in [0.2, 0.25) is 5.91 Å². The van der Waals surface area contributed by atoms with Crippen molar-refractivity contribution in [2.24, 2.45) is 11.8 Å². The van der Waals surface area contributed by atoms with Gasteiger partial charge >= 0.3 is 12.1 Å². The normalized spacial score (nSPS) is 23.4. The minimum atomic E-state index is -4.40. The van der Waals surface area contributed by atoms with Crippen molar-refractivity contribution < 1.29 is 27.9 Å². The van der Waals surface area contributed by atoms with Gasteiger partial charge < -0.3 is 10.0 Å². The van der Waals surface area contributed by atoms with Crippen LogP contribution in [-0.4, -0.2) is 41.1 Å². The lowest BCUT2D eigenvalue weighted by molar-refractivity contribution is -0.201. The molecule has 1 amide bonds. The van der Waals surface area contributed by atoms with E-state index in [1.165, 1.54) is 0 Å². The van der Waals surface area contributed by atoms with Crippen LogP contribution in [-0.2, 0) is 9.59 Å². The lowest BCUT2D eigenvalue weighted by Gasteiger charge is -2.35. The van der Waals surface area contributed by atoms with Crippen LogP contribution < -0.4 is 0 Å². The molecule has 1 saturated carbocycles. The second-order valence-electron chi connectivity index (χ2n) is 5.19. The fourth-order valence-corrected chi connectivity index (χ4v) is 2.75. The van der Waals surface area contributed by atoms with E-state index in [-0.39, 0.29) is 19.4 Å². The van der Waals surface area contributed by atoms with E-state index in [0.717, 1.165) is 4.90 Å². The highest BCUT2D eigenvalue weighted by molar-refractivity contribution is 5.83. The van der Waals surface area contributed by atoms with E-state index in [4.69, 9.17) is 5.11 Å². The molecule has 0 saturated heterocycles. The molecule has 1 aliphatic carbocycles. The van der Waals surface area contributed by atoms with Crippen molar-refractivity contribution in [2.75, 3.05) is 13.1 Å². The molecule has 0 radical (unpaired) electrons. The summed E-state index contributed by atoms with van der Waals surface area (Å²) in [5, 5.41) is 8.77. The summed E-state index contributed by atoms with van der Waals surface area (Å²) in [6.45, 7) is 1.39. The molecular formula is C13H20F3NO3. The Bertz CT molecular complexity index is 357. The molecular weight excluding hydrogens is 275 g/mol. The number of rotatable bonds is 5. The van der Waals surface area contributed by atoms with Crippen LogP contribution in [0.1, 0.15) is 39.0 Å². The second kappa shape index (κ2) is 6.95. The second-order valence-corrected chi connectivity index (χ2v) is 5.19. The molecule has 2 atom stereocenters. The summed E-state index contributed by atoms with van der Waals surface area (Å²) in [5.41, 5.74) is 0. The van der Waals surface area contributed by atoms with Crippen molar-refractivity contribution in [2.45, 2.75) is 45.2 Å². The van der Waals surface area contributed by atoms with Gasteiger partial charge in [-0.1, -0.05) is 19.8 Å². The molecule has 2 unspecified atom stereocenters. The number of amides is 1. The van der Waals surface area contributed by atoms with Gasteiger partial charge in [0.15, 0.2) is 0 Å². The number of alkyl halides is 3. The summed E-state index contributed by atoms with van der Waals surface area (Å²) in [4.78, 5) is 24.0. The molecule has 0 spiro atoms. The summed E-state index contributed by atoms with van der Waals surface area (Å²) in [7, 11) is 0. The van der Waals surface area contributed by atoms with Gasteiger partial charge in [0, 0.05) is 12.5 Å². The molecule has 1 rings (SSSR count). The molecule has 0 bridgehead atoms. The number of halogens is 3. The maximum Gasteiger partial charge on any atom is 0.392 e. The smallest absolute Gasteiger partial charge is 0.392 e. The lowest BCUT2D eigenvalue weighted by atomic mass is 9.78. The first-order valence-electron chi connectivity index (χ1n) is 6.84. The lowest BCUT2D eigenvalue weighted by Crippen LogP contribution is -2.46. The van der Waals surface area contributed by atoms with Crippen molar-refractivity contribution in [3.63, 3.8) is 0 Å². The van der Waals surface area contributed by atoms with E-state index in [1.807, 2.05) is 0 Å². The maximum absolute atomic E-state index is 13.0. The van der Waals surface area contributed by atoms with E-state index in [2.05, 4.69) is 0 Å². The van der Waals surface area contributed by atoms with Crippen LogP contribution in [0.25, 0.3) is 0 Å². The minimum Gasteiger partial charge on any atom is -0.480 e. The molecule has 0 aromatic heterocycles. The molecule has 20 heavy (non-hydrogen) atoms. The monoisotopic (exact) mass is 295 g/mol. The molecule has 1 aliphatic rings. The number of hydrogen-bond donors (Lipinski definition) is 1. The van der Waals surface area contributed by atoms with E-state index < -0.39 is 36.4 Å². The molecule has 116 valence electrons. The first-order valence-corrected chi connectivity index (χ1v) is 6.84. The maximum atomic E-state index is 13.0. The summed E-state index contributed by atoms with van der Waals surface area (Å²) >= 11 is 0. The first kappa shape index (κ1) is 16.8. The van der Waals surface area contributed by atoms with Gasteiger partial charge in [0.25, 0.3) is 0 Å². The summed E-state index contributed by atoms with van der Waals surface area (Å²) < 4.78 is 38.9. The fourth-order valence-electron chi connectivity index (χ4n) is 2.75. The van der Waals surface area contributed by atoms with Crippen LogP contribution in [0.4, 0.5) is 13.2 Å². The minimum absolute atomic E-state index is 0.0487. The number of aliphatic carboxylic acids is 1. The van der Waals surface area contributed by atoms with E-state index in [0.29, 0.717) is 19.3 Å². The third-order valence-corrected chi connectivity index (χ3v) is 3.63. The zero-order chi connectivity index (χ0) is 15.3. The van der Waals surface area contributed by atoms with Crippen molar-refractivity contribution in [3.8, 4) is 0 Å². The molecule has 0 heterocycles. The van der Waals surface area contributed by atoms with Crippen molar-refractivity contribution in [1.82, 2.24) is 4.90 Å². The predicted octanol–water partition coefficient (Wildman–Crippen LogP) is 2.68. The van der Waals surface area contributed by atoms with E-state index in [1.54, 1.807) is 6.92 Å². The Morgan fingerprint density at radius 3 is 2.35 bits per heavy atom. The largest absolute Gasteiger partial charge is 0.480 e. The van der Waals surface area contributed by atoms with E-state index in [9.17, 15) is 22.8 Å². The molecule has 1 fully saturated rings. The van der Waals surface area contributed by atoms with Crippen LogP contribution in [0.5, 0.6) is 0 Å². The molecule has 0 aliphatic heterocycles. The third-order valence-electron chi connectivity index (χ3n) is 3.63. The van der Waals surface area contributed by atoms with Gasteiger partial charge in [-0.05, 0) is 19.3 Å². The van der Waals surface area contributed by atoms with Crippen LogP contribution in [0.15, 0.2) is 0 Å². The quantitative estimate of drug-likeness (QED) is 0.848. The highest BCUT2D eigenvalue weighted by atomic mass is 19.4. The number of hydrogen-bond acceptors (Lipinski definition) is 2. The summed E-state index contributed by atoms with van der Waals surface area (Å²) in [6, 6.07) is 0. The highest BCUT2D eigenvalue weighted by Crippen LogP contribution is 2.42. The van der Waals surface area contributed by atoms with E-state index >= 15 is 0 Å². The van der Waals surface area contributed by atoms with Crippen molar-refractivity contribution in [1.29, 1.82) is 0 Å². The van der Waals surface area contributed by atoms with Crippen molar-refractivity contribution in [3.05, 3.63) is 0 Å². The zero-order valence-electron chi connectivity index (χ0n) is 11.4. The molecule has 1 N–H and O–H groups in total. The van der Waals surface area contributed by atoms with Crippen LogP contribution in [0.2, 0.25) is 0 Å². The third kappa shape index (κ3) is 4.38. The number of carbonyl (C=O) groups is 2. The fraction of sp³-hybridized carbons (Fsp3) is 0.846. The van der Waals surface area contributed by atoms with Gasteiger partial charge in [-0.2, -0.15) is 13.2 Å². The van der Waals surface area contributed by atoms with Crippen LogP contribution in [0, 0.1) is 11.8 Å². The molecule has 7 heteroatoms. The van der Waals surface area contributed by atoms with Crippen LogP contribution >= 0.6 is 0 Å². The van der Waals surface area contributed by atoms with Gasteiger partial charge in [-0.25, -0.2) is 0 Å². The molecule has 0 aromatic carbocycles. The average Bonchev–Trinajstić information content (AvgIpc) is 2.36. The summed E-state index contributed by atoms with van der Waals surface area (Å²) in [5.74, 6) is -4.64. The topological polar surface area (TPSA) is 57.6 Å².